The number of nitrogens with one attached hydrogen (secondary N) is 1. The highest BCUT2D eigenvalue weighted by molar-refractivity contribution is 7.88. The van der Waals surface area contributed by atoms with Crippen molar-refractivity contribution >= 4 is 27.6 Å². The molecule has 7 nitrogen and oxygen atoms in total. The Morgan fingerprint density at radius 1 is 1.21 bits per heavy atom. The van der Waals surface area contributed by atoms with Gasteiger partial charge in [-0.15, -0.1) is 0 Å². The zero-order valence-electron chi connectivity index (χ0n) is 13.8. The van der Waals surface area contributed by atoms with Crippen molar-refractivity contribution in [3.05, 3.63) is 30.3 Å². The van der Waals surface area contributed by atoms with Crippen LogP contribution in [0.4, 0.5) is 5.69 Å². The summed E-state index contributed by atoms with van der Waals surface area (Å²) >= 11 is 0. The van der Waals surface area contributed by atoms with Crippen LogP contribution in [0.3, 0.4) is 0 Å². The van der Waals surface area contributed by atoms with Gasteiger partial charge in [-0.25, -0.2) is 12.7 Å². The summed E-state index contributed by atoms with van der Waals surface area (Å²) in [5, 5.41) is 2.67. The van der Waals surface area contributed by atoms with E-state index in [0.717, 1.165) is 6.26 Å². The number of para-hydroxylation sites is 1. The van der Waals surface area contributed by atoms with Crippen molar-refractivity contribution in [1.82, 2.24) is 4.31 Å². The normalized spacial score (nSPS) is 17.9. The Morgan fingerprint density at radius 3 is 2.33 bits per heavy atom. The Hall–Kier alpha value is -1.93. The predicted octanol–water partition coefficient (Wildman–Crippen LogP) is 1.23. The van der Waals surface area contributed by atoms with Crippen LogP contribution in [0.1, 0.15) is 19.8 Å². The lowest BCUT2D eigenvalue weighted by atomic mass is 9.98. The Kier molecular flexibility index (Phi) is 5.95. The molecule has 0 radical (unpaired) electrons. The number of carbonyl (C=O) groups excluding carboxylic acids is 2. The minimum atomic E-state index is -3.23. The first-order chi connectivity index (χ1) is 11.3. The number of benzene rings is 1. The van der Waals surface area contributed by atoms with Crippen LogP contribution in [0, 0.1) is 5.92 Å². The molecular formula is C16H22N2O5S. The summed E-state index contributed by atoms with van der Waals surface area (Å²) in [6.45, 7) is 2.11. The van der Waals surface area contributed by atoms with Crippen molar-refractivity contribution in [2.24, 2.45) is 5.92 Å². The van der Waals surface area contributed by atoms with E-state index in [4.69, 9.17) is 4.74 Å². The average Bonchev–Trinajstić information content (AvgIpc) is 2.55. The minimum Gasteiger partial charge on any atom is -0.452 e. The van der Waals surface area contributed by atoms with Gasteiger partial charge in [0, 0.05) is 18.8 Å². The van der Waals surface area contributed by atoms with Crippen LogP contribution in [0.25, 0.3) is 0 Å². The molecule has 132 valence electrons. The summed E-state index contributed by atoms with van der Waals surface area (Å²) in [5.74, 6) is -1.24. The highest BCUT2D eigenvalue weighted by atomic mass is 32.2. The number of piperidine rings is 1. The lowest BCUT2D eigenvalue weighted by Gasteiger charge is -2.29. The molecule has 24 heavy (non-hydrogen) atoms. The Balaban J connectivity index is 1.83. The smallest absolute Gasteiger partial charge is 0.309 e. The average molecular weight is 354 g/mol. The maximum atomic E-state index is 12.2. The number of anilines is 1. The topological polar surface area (TPSA) is 92.8 Å². The van der Waals surface area contributed by atoms with Crippen molar-refractivity contribution in [1.29, 1.82) is 0 Å². The summed E-state index contributed by atoms with van der Waals surface area (Å²) in [6, 6.07) is 8.91. The molecule has 1 aromatic rings. The van der Waals surface area contributed by atoms with E-state index in [2.05, 4.69) is 5.32 Å². The molecule has 1 saturated heterocycles. The van der Waals surface area contributed by atoms with Gasteiger partial charge >= 0.3 is 5.97 Å². The van der Waals surface area contributed by atoms with Crippen LogP contribution >= 0.6 is 0 Å². The largest absolute Gasteiger partial charge is 0.452 e. The first-order valence-corrected chi connectivity index (χ1v) is 9.63. The quantitative estimate of drug-likeness (QED) is 0.803. The van der Waals surface area contributed by atoms with Crippen LogP contribution < -0.4 is 5.32 Å². The van der Waals surface area contributed by atoms with E-state index in [-0.39, 0.29) is 5.92 Å². The second-order valence-corrected chi connectivity index (χ2v) is 7.85. The summed E-state index contributed by atoms with van der Waals surface area (Å²) in [7, 11) is -3.23. The van der Waals surface area contributed by atoms with Crippen LogP contribution in [-0.2, 0) is 24.3 Å². The number of carbonyl (C=O) groups is 2. The molecule has 1 unspecified atom stereocenters. The SMILES string of the molecule is CC(OC(=O)C1CCN(S(C)(=O)=O)CC1)C(=O)Nc1ccccc1. The van der Waals surface area contributed by atoms with Crippen LogP contribution in [0.15, 0.2) is 30.3 Å². The Bertz CT molecular complexity index is 682. The van der Waals surface area contributed by atoms with Gasteiger partial charge in [0.05, 0.1) is 12.2 Å². The molecule has 0 aliphatic carbocycles. The van der Waals surface area contributed by atoms with E-state index >= 15 is 0 Å². The summed E-state index contributed by atoms with van der Waals surface area (Å²) in [4.78, 5) is 24.2. The fourth-order valence-electron chi connectivity index (χ4n) is 2.51. The van der Waals surface area contributed by atoms with Crippen molar-refractivity contribution in [3.8, 4) is 0 Å². The third-order valence-electron chi connectivity index (χ3n) is 3.96. The first-order valence-electron chi connectivity index (χ1n) is 7.79. The molecule has 1 aromatic carbocycles. The molecule has 1 fully saturated rings. The molecule has 1 aliphatic heterocycles. The summed E-state index contributed by atoms with van der Waals surface area (Å²) < 4.78 is 29.5. The number of hydrogen-bond acceptors (Lipinski definition) is 5. The molecule has 0 spiro atoms. The number of esters is 1. The standard InChI is InChI=1S/C16H22N2O5S/c1-12(15(19)17-14-6-4-3-5-7-14)23-16(20)13-8-10-18(11-9-13)24(2,21)22/h3-7,12-13H,8-11H2,1-2H3,(H,17,19). The van der Waals surface area contributed by atoms with Crippen molar-refractivity contribution in [3.63, 3.8) is 0 Å². The van der Waals surface area contributed by atoms with Gasteiger partial charge in [-0.05, 0) is 31.9 Å². The molecular weight excluding hydrogens is 332 g/mol. The molecule has 1 heterocycles. The van der Waals surface area contributed by atoms with Crippen molar-refractivity contribution < 1.29 is 22.7 Å². The van der Waals surface area contributed by atoms with Crippen LogP contribution in [-0.4, -0.2) is 50.0 Å². The maximum absolute atomic E-state index is 12.2. The number of sulfonamides is 1. The van der Waals surface area contributed by atoms with Gasteiger partial charge < -0.3 is 10.1 Å². The zero-order chi connectivity index (χ0) is 17.7. The minimum absolute atomic E-state index is 0.295. The Labute approximate surface area is 142 Å². The molecule has 0 aromatic heterocycles. The number of hydrogen-bond donors (Lipinski definition) is 1. The van der Waals surface area contributed by atoms with Gasteiger partial charge in [0.1, 0.15) is 0 Å². The number of ether oxygens (including phenoxy) is 1. The highest BCUT2D eigenvalue weighted by Gasteiger charge is 2.31. The van der Waals surface area contributed by atoms with E-state index < -0.39 is 28.0 Å². The van der Waals surface area contributed by atoms with Crippen LogP contribution in [0.5, 0.6) is 0 Å². The predicted molar refractivity (Wildman–Crippen MR) is 89.8 cm³/mol. The second kappa shape index (κ2) is 7.76. The van der Waals surface area contributed by atoms with E-state index in [1.54, 1.807) is 24.3 Å². The van der Waals surface area contributed by atoms with E-state index in [1.165, 1.54) is 11.2 Å². The Morgan fingerprint density at radius 2 is 1.79 bits per heavy atom. The second-order valence-electron chi connectivity index (χ2n) is 5.87. The molecule has 0 bridgehead atoms. The molecule has 0 saturated carbocycles. The molecule has 1 amide bonds. The third kappa shape index (κ3) is 5.04. The molecule has 1 atom stereocenters. The van der Waals surface area contributed by atoms with Gasteiger partial charge in [-0.2, -0.15) is 0 Å². The summed E-state index contributed by atoms with van der Waals surface area (Å²) in [6.07, 6.45) is 1.05. The van der Waals surface area contributed by atoms with Crippen molar-refractivity contribution in [2.75, 3.05) is 24.7 Å². The van der Waals surface area contributed by atoms with E-state index in [0.29, 0.717) is 31.6 Å². The lowest BCUT2D eigenvalue weighted by molar-refractivity contribution is -0.158. The van der Waals surface area contributed by atoms with Crippen molar-refractivity contribution in [2.45, 2.75) is 25.9 Å². The first kappa shape index (κ1) is 18.4. The number of nitrogens with zero attached hydrogens (tertiary/aromatic N) is 1. The van der Waals surface area contributed by atoms with Gasteiger partial charge in [-0.3, -0.25) is 9.59 Å². The molecule has 1 N–H and O–H groups in total. The summed E-state index contributed by atoms with van der Waals surface area (Å²) in [5.41, 5.74) is 0.631. The van der Waals surface area contributed by atoms with Gasteiger partial charge in [-0.1, -0.05) is 18.2 Å². The van der Waals surface area contributed by atoms with Gasteiger partial charge in [0.25, 0.3) is 5.91 Å². The van der Waals surface area contributed by atoms with Crippen LogP contribution in [0.2, 0.25) is 0 Å². The fraction of sp³-hybridized carbons (Fsp3) is 0.500. The maximum Gasteiger partial charge on any atom is 0.309 e. The monoisotopic (exact) mass is 354 g/mol. The molecule has 1 aliphatic rings. The van der Waals surface area contributed by atoms with E-state index in [9.17, 15) is 18.0 Å². The highest BCUT2D eigenvalue weighted by Crippen LogP contribution is 2.21. The van der Waals surface area contributed by atoms with E-state index in [1.807, 2.05) is 6.07 Å². The zero-order valence-corrected chi connectivity index (χ0v) is 14.6. The fourth-order valence-corrected chi connectivity index (χ4v) is 3.39. The molecule has 8 heteroatoms. The molecule has 2 rings (SSSR count). The number of amides is 1. The lowest BCUT2D eigenvalue weighted by Crippen LogP contribution is -2.41. The third-order valence-corrected chi connectivity index (χ3v) is 5.26. The van der Waals surface area contributed by atoms with Gasteiger partial charge in [0.2, 0.25) is 10.0 Å². The van der Waals surface area contributed by atoms with Gasteiger partial charge in [0.15, 0.2) is 6.10 Å². The number of rotatable bonds is 5.